The molecular weight excluding hydrogens is 254 g/mol. The van der Waals surface area contributed by atoms with Gasteiger partial charge in [0, 0.05) is 11.8 Å². The van der Waals surface area contributed by atoms with Gasteiger partial charge in [-0.05, 0) is 36.8 Å². The van der Waals surface area contributed by atoms with Crippen LogP contribution < -0.4 is 9.47 Å². The zero-order valence-electron chi connectivity index (χ0n) is 11.0. The number of nitrogens with one attached hydrogen (secondary N) is 1. The maximum absolute atomic E-state index is 5.60. The summed E-state index contributed by atoms with van der Waals surface area (Å²) < 4.78 is 11.1. The van der Waals surface area contributed by atoms with Crippen molar-refractivity contribution in [3.63, 3.8) is 0 Å². The number of aryl methyl sites for hydroxylation is 1. The van der Waals surface area contributed by atoms with Gasteiger partial charge in [0.15, 0.2) is 17.1 Å². The molecule has 3 heterocycles. The van der Waals surface area contributed by atoms with Crippen LogP contribution in [0.4, 0.5) is 0 Å². The number of pyridine rings is 1. The SMILES string of the molecule is Cc1ccnc2nc(-c3ccc4c(c3)OCCO4)[nH]c12. The van der Waals surface area contributed by atoms with Gasteiger partial charge in [0.05, 0.1) is 5.52 Å². The summed E-state index contributed by atoms with van der Waals surface area (Å²) in [5, 5.41) is 0. The Balaban J connectivity index is 1.84. The van der Waals surface area contributed by atoms with Crippen molar-refractivity contribution in [2.45, 2.75) is 6.92 Å². The molecule has 0 spiro atoms. The molecular formula is C15H13N3O2. The fourth-order valence-electron chi connectivity index (χ4n) is 2.36. The molecule has 0 radical (unpaired) electrons. The Labute approximate surface area is 115 Å². The fraction of sp³-hybridized carbons (Fsp3) is 0.200. The van der Waals surface area contributed by atoms with Crippen molar-refractivity contribution in [1.29, 1.82) is 0 Å². The molecule has 1 aromatic carbocycles. The van der Waals surface area contributed by atoms with Crippen LogP contribution in [0.15, 0.2) is 30.5 Å². The van der Waals surface area contributed by atoms with E-state index in [-0.39, 0.29) is 0 Å². The van der Waals surface area contributed by atoms with E-state index in [0.29, 0.717) is 13.2 Å². The molecule has 0 amide bonds. The van der Waals surface area contributed by atoms with E-state index in [1.807, 2.05) is 31.2 Å². The third-order valence-electron chi connectivity index (χ3n) is 3.42. The molecule has 4 rings (SSSR count). The van der Waals surface area contributed by atoms with Crippen molar-refractivity contribution in [3.8, 4) is 22.9 Å². The number of hydrogen-bond donors (Lipinski definition) is 1. The molecule has 1 N–H and O–H groups in total. The summed E-state index contributed by atoms with van der Waals surface area (Å²) in [5.41, 5.74) is 3.80. The molecule has 0 saturated heterocycles. The van der Waals surface area contributed by atoms with E-state index >= 15 is 0 Å². The van der Waals surface area contributed by atoms with Gasteiger partial charge in [-0.2, -0.15) is 0 Å². The summed E-state index contributed by atoms with van der Waals surface area (Å²) in [5.74, 6) is 2.34. The molecule has 2 aromatic heterocycles. The molecule has 0 unspecified atom stereocenters. The minimum absolute atomic E-state index is 0.581. The zero-order chi connectivity index (χ0) is 13.5. The van der Waals surface area contributed by atoms with Crippen LogP contribution in [0.2, 0.25) is 0 Å². The first kappa shape index (κ1) is 11.3. The highest BCUT2D eigenvalue weighted by atomic mass is 16.6. The largest absolute Gasteiger partial charge is 0.486 e. The lowest BCUT2D eigenvalue weighted by molar-refractivity contribution is 0.171. The maximum Gasteiger partial charge on any atom is 0.178 e. The number of rotatable bonds is 1. The van der Waals surface area contributed by atoms with Crippen molar-refractivity contribution < 1.29 is 9.47 Å². The Hall–Kier alpha value is -2.56. The minimum Gasteiger partial charge on any atom is -0.486 e. The molecule has 0 aliphatic carbocycles. The van der Waals surface area contributed by atoms with Crippen molar-refractivity contribution in [2.24, 2.45) is 0 Å². The van der Waals surface area contributed by atoms with Gasteiger partial charge in [0.1, 0.15) is 19.0 Å². The smallest absolute Gasteiger partial charge is 0.178 e. The molecule has 100 valence electrons. The number of nitrogens with zero attached hydrogens (tertiary/aromatic N) is 2. The molecule has 3 aromatic rings. The molecule has 0 fully saturated rings. The second-order valence-electron chi connectivity index (χ2n) is 4.77. The molecule has 20 heavy (non-hydrogen) atoms. The number of aromatic amines is 1. The van der Waals surface area contributed by atoms with E-state index in [9.17, 15) is 0 Å². The van der Waals surface area contributed by atoms with E-state index in [4.69, 9.17) is 9.47 Å². The summed E-state index contributed by atoms with van der Waals surface area (Å²) in [7, 11) is 0. The van der Waals surface area contributed by atoms with Crippen molar-refractivity contribution >= 4 is 11.2 Å². The Bertz CT molecular complexity index is 795. The zero-order valence-corrected chi connectivity index (χ0v) is 11.0. The van der Waals surface area contributed by atoms with Gasteiger partial charge in [-0.25, -0.2) is 9.97 Å². The monoisotopic (exact) mass is 267 g/mol. The minimum atomic E-state index is 0.581. The van der Waals surface area contributed by atoms with Crippen LogP contribution >= 0.6 is 0 Å². The van der Waals surface area contributed by atoms with Crippen LogP contribution in [-0.2, 0) is 0 Å². The lowest BCUT2D eigenvalue weighted by atomic mass is 10.2. The number of benzene rings is 1. The quantitative estimate of drug-likeness (QED) is 0.736. The Kier molecular flexibility index (Phi) is 2.39. The highest BCUT2D eigenvalue weighted by molar-refractivity contribution is 5.79. The summed E-state index contributed by atoms with van der Waals surface area (Å²) in [4.78, 5) is 12.1. The second-order valence-corrected chi connectivity index (χ2v) is 4.77. The van der Waals surface area contributed by atoms with Crippen molar-refractivity contribution in [2.75, 3.05) is 13.2 Å². The predicted octanol–water partition coefficient (Wildman–Crippen LogP) is 2.70. The van der Waals surface area contributed by atoms with Crippen LogP contribution in [0.3, 0.4) is 0 Å². The molecule has 0 atom stereocenters. The molecule has 1 aliphatic heterocycles. The number of aromatic nitrogens is 3. The second kappa shape index (κ2) is 4.23. The first-order chi connectivity index (χ1) is 9.81. The molecule has 0 saturated carbocycles. The summed E-state index contributed by atoms with van der Waals surface area (Å²) in [6, 6.07) is 7.80. The molecule has 5 heteroatoms. The van der Waals surface area contributed by atoms with E-state index in [1.165, 1.54) is 0 Å². The first-order valence-electron chi connectivity index (χ1n) is 6.52. The molecule has 5 nitrogen and oxygen atoms in total. The fourth-order valence-corrected chi connectivity index (χ4v) is 2.36. The van der Waals surface area contributed by atoms with Gasteiger partial charge < -0.3 is 14.5 Å². The Morgan fingerprint density at radius 1 is 1.10 bits per heavy atom. The van der Waals surface area contributed by atoms with Gasteiger partial charge in [0.2, 0.25) is 0 Å². The number of ether oxygens (including phenoxy) is 2. The van der Waals surface area contributed by atoms with Gasteiger partial charge in [-0.3, -0.25) is 0 Å². The predicted molar refractivity (Wildman–Crippen MR) is 75.1 cm³/mol. The topological polar surface area (TPSA) is 60.0 Å². The number of fused-ring (bicyclic) bond motifs is 2. The Morgan fingerprint density at radius 2 is 1.95 bits per heavy atom. The summed E-state index contributed by atoms with van der Waals surface area (Å²) in [6.07, 6.45) is 1.77. The standard InChI is InChI=1S/C15H13N3O2/c1-9-4-5-16-15-13(9)17-14(18-15)10-2-3-11-12(8-10)20-7-6-19-11/h2-5,8H,6-7H2,1H3,(H,16,17,18). The normalized spacial score (nSPS) is 13.7. The van der Waals surface area contributed by atoms with Crippen LogP contribution in [0, 0.1) is 6.92 Å². The van der Waals surface area contributed by atoms with Crippen LogP contribution in [0.1, 0.15) is 5.56 Å². The van der Waals surface area contributed by atoms with Crippen LogP contribution in [0.5, 0.6) is 11.5 Å². The van der Waals surface area contributed by atoms with Crippen molar-refractivity contribution in [1.82, 2.24) is 15.0 Å². The van der Waals surface area contributed by atoms with Gasteiger partial charge in [0.25, 0.3) is 0 Å². The number of hydrogen-bond acceptors (Lipinski definition) is 4. The molecule has 0 bridgehead atoms. The Morgan fingerprint density at radius 3 is 2.80 bits per heavy atom. The third kappa shape index (κ3) is 1.71. The van der Waals surface area contributed by atoms with E-state index < -0.39 is 0 Å². The van der Waals surface area contributed by atoms with Crippen molar-refractivity contribution in [3.05, 3.63) is 36.0 Å². The highest BCUT2D eigenvalue weighted by Crippen LogP contribution is 2.34. The summed E-state index contributed by atoms with van der Waals surface area (Å²) >= 11 is 0. The summed E-state index contributed by atoms with van der Waals surface area (Å²) in [6.45, 7) is 3.22. The number of imidazole rings is 1. The lowest BCUT2D eigenvalue weighted by Gasteiger charge is -2.18. The maximum atomic E-state index is 5.60. The lowest BCUT2D eigenvalue weighted by Crippen LogP contribution is -2.15. The van der Waals surface area contributed by atoms with Gasteiger partial charge in [-0.15, -0.1) is 0 Å². The molecule has 1 aliphatic rings. The van der Waals surface area contributed by atoms with E-state index in [0.717, 1.165) is 39.6 Å². The first-order valence-corrected chi connectivity index (χ1v) is 6.52. The highest BCUT2D eigenvalue weighted by Gasteiger charge is 2.14. The average Bonchev–Trinajstić information content (AvgIpc) is 2.92. The van der Waals surface area contributed by atoms with E-state index in [2.05, 4.69) is 15.0 Å². The van der Waals surface area contributed by atoms with Crippen LogP contribution in [0.25, 0.3) is 22.6 Å². The van der Waals surface area contributed by atoms with E-state index in [1.54, 1.807) is 6.20 Å². The average molecular weight is 267 g/mol. The number of H-pyrrole nitrogens is 1. The van der Waals surface area contributed by atoms with Crippen LogP contribution in [-0.4, -0.2) is 28.2 Å². The van der Waals surface area contributed by atoms with Gasteiger partial charge >= 0.3 is 0 Å². The van der Waals surface area contributed by atoms with Gasteiger partial charge in [-0.1, -0.05) is 0 Å². The third-order valence-corrected chi connectivity index (χ3v) is 3.42.